The zero-order chi connectivity index (χ0) is 8.97. The van der Waals surface area contributed by atoms with Crippen molar-refractivity contribution in [3.05, 3.63) is 11.4 Å². The Kier molecular flexibility index (Phi) is 3.41. The van der Waals surface area contributed by atoms with Crippen molar-refractivity contribution in [2.45, 2.75) is 39.0 Å². The van der Waals surface area contributed by atoms with Gasteiger partial charge in [-0.1, -0.05) is 19.8 Å². The molecule has 1 rings (SSSR count). The highest BCUT2D eigenvalue weighted by Crippen LogP contribution is 2.22. The van der Waals surface area contributed by atoms with Gasteiger partial charge < -0.3 is 11.2 Å². The summed E-state index contributed by atoms with van der Waals surface area (Å²) in [5, 5.41) is 0. The molecule has 0 bridgehead atoms. The predicted molar refractivity (Wildman–Crippen MR) is 50.8 cm³/mol. The van der Waals surface area contributed by atoms with Crippen molar-refractivity contribution < 1.29 is 0 Å². The lowest BCUT2D eigenvalue weighted by atomic mass is 9.94. The smallest absolute Gasteiger partial charge is 0.0474 e. The van der Waals surface area contributed by atoms with E-state index in [4.69, 9.17) is 11.6 Å². The molecule has 1 aliphatic carbocycles. The number of hydrazine groups is 1. The van der Waals surface area contributed by atoms with E-state index in [0.717, 1.165) is 17.8 Å². The molecule has 0 aromatic rings. The SMILES string of the molecule is CC1CCCCC/C(N)=C\1NN. The molecule has 0 saturated carbocycles. The zero-order valence-corrected chi connectivity index (χ0v) is 7.77. The second-order valence-electron chi connectivity index (χ2n) is 3.58. The van der Waals surface area contributed by atoms with Gasteiger partial charge in [0.1, 0.15) is 0 Å². The molecule has 3 nitrogen and oxygen atoms in total. The van der Waals surface area contributed by atoms with Gasteiger partial charge in [-0.3, -0.25) is 5.84 Å². The van der Waals surface area contributed by atoms with Crippen molar-refractivity contribution in [1.82, 2.24) is 5.43 Å². The molecule has 0 aromatic heterocycles. The molecule has 1 atom stereocenters. The fraction of sp³-hybridized carbons (Fsp3) is 0.778. The van der Waals surface area contributed by atoms with Crippen LogP contribution in [0.4, 0.5) is 0 Å². The summed E-state index contributed by atoms with van der Waals surface area (Å²) in [5.74, 6) is 5.91. The molecular weight excluding hydrogens is 150 g/mol. The van der Waals surface area contributed by atoms with Crippen LogP contribution in [0, 0.1) is 5.92 Å². The minimum Gasteiger partial charge on any atom is -0.401 e. The van der Waals surface area contributed by atoms with Gasteiger partial charge in [-0.2, -0.15) is 0 Å². The second kappa shape index (κ2) is 4.36. The predicted octanol–water partition coefficient (Wildman–Crippen LogP) is 1.22. The first-order valence-electron chi connectivity index (χ1n) is 4.71. The van der Waals surface area contributed by atoms with Crippen LogP contribution in [0.1, 0.15) is 39.0 Å². The van der Waals surface area contributed by atoms with Gasteiger partial charge in [0.2, 0.25) is 0 Å². The molecule has 0 heterocycles. The van der Waals surface area contributed by atoms with Gasteiger partial charge in [-0.05, 0) is 25.2 Å². The third kappa shape index (κ3) is 2.14. The summed E-state index contributed by atoms with van der Waals surface area (Å²) in [5.41, 5.74) is 10.6. The van der Waals surface area contributed by atoms with Crippen LogP contribution in [-0.4, -0.2) is 0 Å². The van der Waals surface area contributed by atoms with Crippen molar-refractivity contribution in [2.24, 2.45) is 17.5 Å². The maximum atomic E-state index is 5.89. The topological polar surface area (TPSA) is 64.1 Å². The average Bonchev–Trinajstić information content (AvgIpc) is 2.02. The summed E-state index contributed by atoms with van der Waals surface area (Å²) in [6.45, 7) is 2.17. The Morgan fingerprint density at radius 2 is 2.08 bits per heavy atom. The number of hydrogen-bond donors (Lipinski definition) is 3. The Balaban J connectivity index is 2.72. The van der Waals surface area contributed by atoms with Crippen LogP contribution in [0.2, 0.25) is 0 Å². The number of nitrogens with one attached hydrogen (secondary N) is 1. The highest BCUT2D eigenvalue weighted by molar-refractivity contribution is 5.11. The molecule has 0 radical (unpaired) electrons. The van der Waals surface area contributed by atoms with Gasteiger partial charge in [0.25, 0.3) is 0 Å². The lowest BCUT2D eigenvalue weighted by Crippen LogP contribution is -2.29. The quantitative estimate of drug-likeness (QED) is 0.408. The van der Waals surface area contributed by atoms with Crippen LogP contribution in [0.15, 0.2) is 11.4 Å². The molecule has 0 fully saturated rings. The molecule has 1 unspecified atom stereocenters. The van der Waals surface area contributed by atoms with Crippen molar-refractivity contribution in [1.29, 1.82) is 0 Å². The molecule has 12 heavy (non-hydrogen) atoms. The van der Waals surface area contributed by atoms with E-state index in [9.17, 15) is 0 Å². The average molecular weight is 169 g/mol. The molecule has 0 aliphatic heterocycles. The van der Waals surface area contributed by atoms with E-state index in [1.807, 2.05) is 0 Å². The summed E-state index contributed by atoms with van der Waals surface area (Å²) in [6.07, 6.45) is 5.97. The molecule has 70 valence electrons. The number of hydrogen-bond acceptors (Lipinski definition) is 3. The first kappa shape index (κ1) is 9.39. The highest BCUT2D eigenvalue weighted by Gasteiger charge is 2.13. The normalized spacial score (nSPS) is 32.3. The van der Waals surface area contributed by atoms with Crippen LogP contribution >= 0.6 is 0 Å². The summed E-state index contributed by atoms with van der Waals surface area (Å²) in [6, 6.07) is 0. The first-order valence-corrected chi connectivity index (χ1v) is 4.71. The van der Waals surface area contributed by atoms with Crippen LogP contribution < -0.4 is 17.0 Å². The van der Waals surface area contributed by atoms with Crippen LogP contribution in [0.5, 0.6) is 0 Å². The molecular formula is C9H19N3. The third-order valence-electron chi connectivity index (χ3n) is 2.58. The first-order chi connectivity index (χ1) is 5.75. The summed E-state index contributed by atoms with van der Waals surface area (Å²) >= 11 is 0. The van der Waals surface area contributed by atoms with E-state index in [-0.39, 0.29) is 0 Å². The maximum Gasteiger partial charge on any atom is 0.0474 e. The minimum atomic E-state index is 0.496. The summed E-state index contributed by atoms with van der Waals surface area (Å²) in [7, 11) is 0. The molecule has 1 aliphatic rings. The van der Waals surface area contributed by atoms with Crippen molar-refractivity contribution in [3.63, 3.8) is 0 Å². The fourth-order valence-corrected chi connectivity index (χ4v) is 1.77. The Hall–Kier alpha value is -0.700. The van der Waals surface area contributed by atoms with Gasteiger partial charge in [0.15, 0.2) is 0 Å². The molecule has 0 saturated heterocycles. The van der Waals surface area contributed by atoms with Crippen molar-refractivity contribution in [3.8, 4) is 0 Å². The number of rotatable bonds is 1. The van der Waals surface area contributed by atoms with Gasteiger partial charge >= 0.3 is 0 Å². The highest BCUT2D eigenvalue weighted by atomic mass is 15.2. The molecule has 5 N–H and O–H groups in total. The standard InChI is InChI=1S/C9H19N3/c1-7-5-3-2-4-6-8(10)9(7)12-11/h7,12H,2-6,10-11H2,1H3/b9-8-. The van der Waals surface area contributed by atoms with Crippen LogP contribution in [0.3, 0.4) is 0 Å². The number of allylic oxidation sites excluding steroid dienone is 2. The largest absolute Gasteiger partial charge is 0.401 e. The number of nitrogens with two attached hydrogens (primary N) is 2. The van der Waals surface area contributed by atoms with E-state index in [1.165, 1.54) is 25.7 Å². The maximum absolute atomic E-state index is 5.89. The lowest BCUT2D eigenvalue weighted by Gasteiger charge is -2.20. The molecule has 0 spiro atoms. The second-order valence-corrected chi connectivity index (χ2v) is 3.58. The van der Waals surface area contributed by atoms with E-state index in [1.54, 1.807) is 0 Å². The Morgan fingerprint density at radius 3 is 2.75 bits per heavy atom. The fourth-order valence-electron chi connectivity index (χ4n) is 1.77. The van der Waals surface area contributed by atoms with Gasteiger partial charge in [-0.25, -0.2) is 0 Å². The Bertz CT molecular complexity index is 175. The van der Waals surface area contributed by atoms with Gasteiger partial charge in [0, 0.05) is 11.4 Å². The molecule has 3 heteroatoms. The van der Waals surface area contributed by atoms with Gasteiger partial charge in [-0.15, -0.1) is 0 Å². The Morgan fingerprint density at radius 1 is 1.33 bits per heavy atom. The minimum absolute atomic E-state index is 0.496. The molecule has 0 aromatic carbocycles. The van der Waals surface area contributed by atoms with Gasteiger partial charge in [0.05, 0.1) is 0 Å². The van der Waals surface area contributed by atoms with E-state index in [2.05, 4.69) is 12.3 Å². The van der Waals surface area contributed by atoms with Crippen molar-refractivity contribution >= 4 is 0 Å². The third-order valence-corrected chi connectivity index (χ3v) is 2.58. The zero-order valence-electron chi connectivity index (χ0n) is 7.77. The Labute approximate surface area is 74.2 Å². The van der Waals surface area contributed by atoms with E-state index in [0.29, 0.717) is 5.92 Å². The molecule has 0 amide bonds. The lowest BCUT2D eigenvalue weighted by molar-refractivity contribution is 0.490. The van der Waals surface area contributed by atoms with E-state index >= 15 is 0 Å². The van der Waals surface area contributed by atoms with Crippen LogP contribution in [-0.2, 0) is 0 Å². The summed E-state index contributed by atoms with van der Waals surface area (Å²) < 4.78 is 0. The van der Waals surface area contributed by atoms with E-state index < -0.39 is 0 Å². The summed E-state index contributed by atoms with van der Waals surface area (Å²) in [4.78, 5) is 0. The monoisotopic (exact) mass is 169 g/mol. The van der Waals surface area contributed by atoms with Crippen molar-refractivity contribution in [2.75, 3.05) is 0 Å². The van der Waals surface area contributed by atoms with Crippen LogP contribution in [0.25, 0.3) is 0 Å².